The Morgan fingerprint density at radius 3 is 2.41 bits per heavy atom. The van der Waals surface area contributed by atoms with Crippen molar-refractivity contribution >= 4 is 15.9 Å². The third-order valence-electron chi connectivity index (χ3n) is 4.32. The van der Waals surface area contributed by atoms with Gasteiger partial charge in [0, 0.05) is 22.7 Å². The molecule has 0 aliphatic rings. The van der Waals surface area contributed by atoms with Crippen LogP contribution in [-0.2, 0) is 21.9 Å². The molecule has 0 spiro atoms. The summed E-state index contributed by atoms with van der Waals surface area (Å²) in [6.07, 6.45) is -2.19. The van der Waals surface area contributed by atoms with E-state index in [0.29, 0.717) is 17.6 Å². The van der Waals surface area contributed by atoms with Crippen LogP contribution in [0.4, 0.5) is 0 Å². The first-order valence-corrected chi connectivity index (χ1v) is 9.68. The fraction of sp³-hybridized carbons (Fsp3) is 0.333. The molecule has 158 valence electrons. The SMILES string of the molecule is CO[C@](O/C(=C/O)CO)(c1ccc(Br)c(COc2ccccc2)c1)[C@H](O)[C@H](C)O. The molecule has 2 rings (SSSR count). The number of para-hydroxylation sites is 1. The Kier molecular flexibility index (Phi) is 8.48. The predicted octanol–water partition coefficient (Wildman–Crippen LogP) is 2.98. The highest BCUT2D eigenvalue weighted by Gasteiger charge is 2.46. The van der Waals surface area contributed by atoms with Crippen LogP contribution in [0.1, 0.15) is 18.1 Å². The minimum absolute atomic E-state index is 0.214. The summed E-state index contributed by atoms with van der Waals surface area (Å²) in [5, 5.41) is 39.3. The zero-order valence-electron chi connectivity index (χ0n) is 16.2. The summed E-state index contributed by atoms with van der Waals surface area (Å²) in [6, 6.07) is 14.3. The fourth-order valence-electron chi connectivity index (χ4n) is 2.76. The van der Waals surface area contributed by atoms with Crippen LogP contribution in [0.5, 0.6) is 5.75 Å². The van der Waals surface area contributed by atoms with E-state index < -0.39 is 24.6 Å². The molecule has 2 aromatic carbocycles. The lowest BCUT2D eigenvalue weighted by Crippen LogP contribution is -2.49. The van der Waals surface area contributed by atoms with E-state index in [1.807, 2.05) is 30.3 Å². The molecular weight excluding hydrogens is 444 g/mol. The van der Waals surface area contributed by atoms with Crippen LogP contribution >= 0.6 is 15.9 Å². The summed E-state index contributed by atoms with van der Waals surface area (Å²) >= 11 is 3.47. The van der Waals surface area contributed by atoms with Crippen LogP contribution in [0.3, 0.4) is 0 Å². The van der Waals surface area contributed by atoms with Crippen molar-refractivity contribution in [2.24, 2.45) is 0 Å². The topological polar surface area (TPSA) is 109 Å². The molecule has 0 saturated heterocycles. The highest BCUT2D eigenvalue weighted by Crippen LogP contribution is 2.36. The molecule has 3 atom stereocenters. The van der Waals surface area contributed by atoms with Crippen molar-refractivity contribution in [3.63, 3.8) is 0 Å². The van der Waals surface area contributed by atoms with Crippen molar-refractivity contribution in [2.75, 3.05) is 13.7 Å². The fourth-order valence-corrected chi connectivity index (χ4v) is 3.12. The van der Waals surface area contributed by atoms with Crippen LogP contribution in [0.2, 0.25) is 0 Å². The monoisotopic (exact) mass is 468 g/mol. The third-order valence-corrected chi connectivity index (χ3v) is 5.09. The van der Waals surface area contributed by atoms with Crippen LogP contribution in [0.25, 0.3) is 0 Å². The zero-order chi connectivity index (χ0) is 21.4. The predicted molar refractivity (Wildman–Crippen MR) is 110 cm³/mol. The van der Waals surface area contributed by atoms with Crippen molar-refractivity contribution in [1.29, 1.82) is 0 Å². The van der Waals surface area contributed by atoms with E-state index in [9.17, 15) is 20.4 Å². The van der Waals surface area contributed by atoms with E-state index in [0.717, 1.165) is 10.0 Å². The molecule has 0 heterocycles. The summed E-state index contributed by atoms with van der Waals surface area (Å²) in [6.45, 7) is 0.960. The minimum atomic E-state index is -1.88. The zero-order valence-corrected chi connectivity index (χ0v) is 17.7. The van der Waals surface area contributed by atoms with E-state index >= 15 is 0 Å². The normalized spacial score (nSPS) is 16.0. The van der Waals surface area contributed by atoms with Gasteiger partial charge in [-0.1, -0.05) is 40.2 Å². The second-order valence-corrected chi connectivity index (χ2v) is 7.17. The summed E-state index contributed by atoms with van der Waals surface area (Å²) < 4.78 is 17.7. The molecule has 0 saturated carbocycles. The molecule has 29 heavy (non-hydrogen) atoms. The van der Waals surface area contributed by atoms with E-state index in [-0.39, 0.29) is 12.4 Å². The van der Waals surface area contributed by atoms with E-state index in [4.69, 9.17) is 14.2 Å². The van der Waals surface area contributed by atoms with Gasteiger partial charge >= 0.3 is 0 Å². The molecule has 0 radical (unpaired) electrons. The van der Waals surface area contributed by atoms with Crippen LogP contribution in [-0.4, -0.2) is 46.4 Å². The number of aliphatic hydroxyl groups excluding tert-OH is 4. The van der Waals surface area contributed by atoms with Crippen molar-refractivity contribution in [2.45, 2.75) is 31.5 Å². The highest BCUT2D eigenvalue weighted by molar-refractivity contribution is 9.10. The van der Waals surface area contributed by atoms with Gasteiger partial charge in [-0.25, -0.2) is 0 Å². The molecule has 0 bridgehead atoms. The molecule has 0 aliphatic heterocycles. The molecular formula is C21H25BrO7. The first-order chi connectivity index (χ1) is 13.9. The van der Waals surface area contributed by atoms with Gasteiger partial charge in [0.05, 0.1) is 6.10 Å². The van der Waals surface area contributed by atoms with Gasteiger partial charge in [0.15, 0.2) is 5.76 Å². The number of rotatable bonds is 10. The smallest absolute Gasteiger partial charge is 0.265 e. The van der Waals surface area contributed by atoms with E-state index in [1.54, 1.807) is 18.2 Å². The molecule has 7 nitrogen and oxygen atoms in total. The largest absolute Gasteiger partial charge is 0.512 e. The Hall–Kier alpha value is -2.10. The first-order valence-electron chi connectivity index (χ1n) is 8.89. The van der Waals surface area contributed by atoms with Gasteiger partial charge in [-0.3, -0.25) is 0 Å². The number of hydrogen-bond acceptors (Lipinski definition) is 7. The quantitative estimate of drug-likeness (QED) is 0.313. The summed E-state index contributed by atoms with van der Waals surface area (Å²) in [5.41, 5.74) is 1.09. The van der Waals surface area contributed by atoms with Crippen molar-refractivity contribution in [3.8, 4) is 5.75 Å². The van der Waals surface area contributed by atoms with Gasteiger partial charge in [-0.15, -0.1) is 0 Å². The highest BCUT2D eigenvalue weighted by atomic mass is 79.9. The molecule has 0 amide bonds. The van der Waals surface area contributed by atoms with Crippen molar-refractivity contribution < 1.29 is 34.6 Å². The van der Waals surface area contributed by atoms with Gasteiger partial charge in [0.2, 0.25) is 0 Å². The molecule has 0 fully saturated rings. The molecule has 8 heteroatoms. The van der Waals surface area contributed by atoms with E-state index in [2.05, 4.69) is 15.9 Å². The van der Waals surface area contributed by atoms with Gasteiger partial charge < -0.3 is 34.6 Å². The minimum Gasteiger partial charge on any atom is -0.512 e. The Bertz CT molecular complexity index is 810. The van der Waals surface area contributed by atoms with E-state index in [1.165, 1.54) is 14.0 Å². The lowest BCUT2D eigenvalue weighted by atomic mass is 9.94. The van der Waals surface area contributed by atoms with Crippen LogP contribution in [0.15, 0.2) is 65.0 Å². The lowest BCUT2D eigenvalue weighted by Gasteiger charge is -2.38. The van der Waals surface area contributed by atoms with Gasteiger partial charge in [0.25, 0.3) is 5.79 Å². The van der Waals surface area contributed by atoms with Crippen molar-refractivity contribution in [1.82, 2.24) is 0 Å². The summed E-state index contributed by atoms with van der Waals surface area (Å²) in [5.74, 6) is -1.43. The Labute approximate surface area is 177 Å². The molecule has 2 aromatic rings. The lowest BCUT2D eigenvalue weighted by molar-refractivity contribution is -0.282. The third kappa shape index (κ3) is 5.49. The molecule has 0 aromatic heterocycles. The van der Waals surface area contributed by atoms with Crippen LogP contribution < -0.4 is 4.74 Å². The maximum Gasteiger partial charge on any atom is 0.265 e. The van der Waals surface area contributed by atoms with Gasteiger partial charge in [-0.05, 0) is 31.2 Å². The Morgan fingerprint density at radius 2 is 1.86 bits per heavy atom. The summed E-state index contributed by atoms with van der Waals surface area (Å²) in [7, 11) is 1.29. The number of methoxy groups -OCH3 is 1. The van der Waals surface area contributed by atoms with Crippen molar-refractivity contribution in [3.05, 3.63) is 76.2 Å². The number of aliphatic hydroxyl groups is 4. The maximum atomic E-state index is 10.7. The second-order valence-electron chi connectivity index (χ2n) is 6.32. The summed E-state index contributed by atoms with van der Waals surface area (Å²) in [4.78, 5) is 0. The van der Waals surface area contributed by atoms with Crippen LogP contribution in [0, 0.1) is 0 Å². The number of ether oxygens (including phenoxy) is 3. The Morgan fingerprint density at radius 1 is 1.17 bits per heavy atom. The second kappa shape index (κ2) is 10.6. The molecule has 4 N–H and O–H groups in total. The average Bonchev–Trinajstić information content (AvgIpc) is 2.75. The molecule has 0 unspecified atom stereocenters. The standard InChI is InChI=1S/C21H25BrO7/c1-14(25)20(26)21(27-2,29-18(11-23)12-24)16-8-9-19(22)15(10-16)13-28-17-6-4-3-5-7-17/h3-11,14,20,23-26H,12-13H2,1-2H3/b18-11+/t14-,20+,21-/m0/s1. The maximum absolute atomic E-state index is 10.7. The number of benzene rings is 2. The first kappa shape index (κ1) is 23.2. The number of halogens is 1. The number of hydrogen-bond donors (Lipinski definition) is 4. The average molecular weight is 469 g/mol. The van der Waals surface area contributed by atoms with Gasteiger partial charge in [-0.2, -0.15) is 0 Å². The van der Waals surface area contributed by atoms with Gasteiger partial charge in [0.1, 0.15) is 31.3 Å². The molecule has 0 aliphatic carbocycles. The Balaban J connectivity index is 2.44.